The van der Waals surface area contributed by atoms with E-state index in [9.17, 15) is 14.4 Å². The highest BCUT2D eigenvalue weighted by atomic mass is 16.2. The van der Waals surface area contributed by atoms with Crippen LogP contribution in [0.25, 0.3) is 0 Å². The molecule has 6 heteroatoms. The van der Waals surface area contributed by atoms with Crippen molar-refractivity contribution in [2.24, 2.45) is 23.2 Å². The smallest absolute Gasteiger partial charge is 0.255 e. The second kappa shape index (κ2) is 8.18. The van der Waals surface area contributed by atoms with Gasteiger partial charge in [0.25, 0.3) is 5.91 Å². The summed E-state index contributed by atoms with van der Waals surface area (Å²) < 4.78 is 0. The third-order valence-electron chi connectivity index (χ3n) is 9.81. The highest BCUT2D eigenvalue weighted by Crippen LogP contribution is 2.66. The van der Waals surface area contributed by atoms with E-state index < -0.39 is 6.04 Å². The molecule has 3 amide bonds. The first kappa shape index (κ1) is 22.3. The summed E-state index contributed by atoms with van der Waals surface area (Å²) in [6.07, 6.45) is 9.59. The van der Waals surface area contributed by atoms with E-state index in [4.69, 9.17) is 0 Å². The van der Waals surface area contributed by atoms with Gasteiger partial charge in [0, 0.05) is 30.6 Å². The number of carbonyl (C=O) groups is 3. The molecule has 34 heavy (non-hydrogen) atoms. The Labute approximate surface area is 202 Å². The van der Waals surface area contributed by atoms with E-state index in [0.717, 1.165) is 23.8 Å². The predicted octanol–water partition coefficient (Wildman–Crippen LogP) is 3.57. The quantitative estimate of drug-likeness (QED) is 0.655. The van der Waals surface area contributed by atoms with Crippen molar-refractivity contribution >= 4 is 17.7 Å². The number of nitrogens with zero attached hydrogens (tertiary/aromatic N) is 1. The molecule has 4 fully saturated rings. The number of piperidine rings is 1. The Hall–Kier alpha value is -2.21. The van der Waals surface area contributed by atoms with Crippen LogP contribution < -0.4 is 10.6 Å². The molecule has 0 aromatic heterocycles. The lowest BCUT2D eigenvalue weighted by Gasteiger charge is -2.35. The minimum Gasteiger partial charge on any atom is -0.322 e. The average molecular weight is 464 g/mol. The van der Waals surface area contributed by atoms with Crippen LogP contribution in [0.4, 0.5) is 0 Å². The Kier molecular flexibility index (Phi) is 5.36. The van der Waals surface area contributed by atoms with Gasteiger partial charge in [-0.15, -0.1) is 0 Å². The molecule has 0 bridgehead atoms. The van der Waals surface area contributed by atoms with E-state index in [2.05, 4.69) is 36.6 Å². The van der Waals surface area contributed by atoms with Crippen LogP contribution in [0.3, 0.4) is 0 Å². The summed E-state index contributed by atoms with van der Waals surface area (Å²) in [4.78, 5) is 38.5. The molecule has 2 aliphatic heterocycles. The van der Waals surface area contributed by atoms with Gasteiger partial charge in [0.15, 0.2) is 0 Å². The number of amides is 3. The number of hydrogen-bond acceptors (Lipinski definition) is 4. The second-order valence-electron chi connectivity index (χ2n) is 12.1. The van der Waals surface area contributed by atoms with Crippen molar-refractivity contribution in [2.45, 2.75) is 96.3 Å². The van der Waals surface area contributed by atoms with Crippen molar-refractivity contribution in [1.82, 2.24) is 15.5 Å². The Morgan fingerprint density at radius 1 is 1.06 bits per heavy atom. The first-order valence-electron chi connectivity index (χ1n) is 13.3. The summed E-state index contributed by atoms with van der Waals surface area (Å²) in [5.41, 5.74) is 3.60. The minimum atomic E-state index is -0.546. The zero-order chi connectivity index (χ0) is 23.6. The maximum Gasteiger partial charge on any atom is 0.255 e. The summed E-state index contributed by atoms with van der Waals surface area (Å²) in [6.45, 7) is 5.32. The van der Waals surface area contributed by atoms with Gasteiger partial charge >= 0.3 is 0 Å². The Bertz CT molecular complexity index is 1020. The molecule has 1 saturated heterocycles. The standard InChI is InChI=1S/C28H37N3O3/c1-28(2)21-13-19(14-22(21)28)29-23-6-4-3-5-17(23)11-16-7-8-20-18(12-16)15-31(27(20)34)24-9-10-25(32)30-26(24)33/h7-8,12,17,19,21-24,29H,3-6,9-11,13-15H2,1-2H3,(H,30,32,33)/t17-,19?,21?,22?,23+,24?/m1/s1. The fraction of sp³-hybridized carbons (Fsp3) is 0.679. The zero-order valence-electron chi connectivity index (χ0n) is 20.4. The van der Waals surface area contributed by atoms with E-state index >= 15 is 0 Å². The Morgan fingerprint density at radius 2 is 1.82 bits per heavy atom. The largest absolute Gasteiger partial charge is 0.322 e. The lowest BCUT2D eigenvalue weighted by molar-refractivity contribution is -0.136. The first-order chi connectivity index (χ1) is 16.3. The van der Waals surface area contributed by atoms with Crippen LogP contribution in [0.5, 0.6) is 0 Å². The second-order valence-corrected chi connectivity index (χ2v) is 12.1. The topological polar surface area (TPSA) is 78.5 Å². The number of fused-ring (bicyclic) bond motifs is 2. The van der Waals surface area contributed by atoms with Gasteiger partial charge < -0.3 is 10.2 Å². The van der Waals surface area contributed by atoms with Gasteiger partial charge in [-0.3, -0.25) is 19.7 Å². The molecule has 1 aromatic carbocycles. The summed E-state index contributed by atoms with van der Waals surface area (Å²) in [6, 6.07) is 7.00. The van der Waals surface area contributed by atoms with Crippen molar-refractivity contribution in [2.75, 3.05) is 0 Å². The average Bonchev–Trinajstić information content (AvgIpc) is 3.14. The summed E-state index contributed by atoms with van der Waals surface area (Å²) >= 11 is 0. The summed E-state index contributed by atoms with van der Waals surface area (Å²) in [5.74, 6) is 1.81. The number of imide groups is 1. The molecule has 2 heterocycles. The molecule has 2 N–H and O–H groups in total. The van der Waals surface area contributed by atoms with Gasteiger partial charge in [-0.2, -0.15) is 0 Å². The van der Waals surface area contributed by atoms with Crippen LogP contribution in [-0.2, 0) is 22.6 Å². The number of carbonyl (C=O) groups excluding carboxylic acids is 3. The molecular weight excluding hydrogens is 426 g/mol. The monoisotopic (exact) mass is 463 g/mol. The van der Waals surface area contributed by atoms with Crippen molar-refractivity contribution in [1.29, 1.82) is 0 Å². The van der Waals surface area contributed by atoms with Gasteiger partial charge in [-0.1, -0.05) is 38.8 Å². The molecule has 0 spiro atoms. The van der Waals surface area contributed by atoms with E-state index in [0.29, 0.717) is 41.9 Å². The van der Waals surface area contributed by atoms with Gasteiger partial charge in [-0.05, 0) is 78.9 Å². The molecule has 6 rings (SSSR count). The van der Waals surface area contributed by atoms with Crippen molar-refractivity contribution in [3.63, 3.8) is 0 Å². The van der Waals surface area contributed by atoms with E-state index in [1.54, 1.807) is 4.90 Å². The van der Waals surface area contributed by atoms with Crippen LogP contribution in [0, 0.1) is 23.2 Å². The highest BCUT2D eigenvalue weighted by Gasteiger charge is 2.62. The van der Waals surface area contributed by atoms with Crippen LogP contribution in [0.2, 0.25) is 0 Å². The normalized spacial score (nSPS) is 36.3. The van der Waals surface area contributed by atoms with Crippen molar-refractivity contribution < 1.29 is 14.4 Å². The van der Waals surface area contributed by atoms with Crippen LogP contribution >= 0.6 is 0 Å². The molecule has 5 atom stereocenters. The van der Waals surface area contributed by atoms with Gasteiger partial charge in [0.2, 0.25) is 11.8 Å². The van der Waals surface area contributed by atoms with E-state index in [1.165, 1.54) is 44.1 Å². The van der Waals surface area contributed by atoms with Crippen LogP contribution in [0.1, 0.15) is 86.7 Å². The SMILES string of the molecule is CC1(C)C2CC(N[C@H]3CCCC[C@@H]3Cc3ccc4c(c3)CN(C3CCC(=O)NC3=O)C4=O)CC21. The highest BCUT2D eigenvalue weighted by molar-refractivity contribution is 6.05. The molecule has 0 radical (unpaired) electrons. The molecule has 3 unspecified atom stereocenters. The van der Waals surface area contributed by atoms with Crippen molar-refractivity contribution in [3.05, 3.63) is 34.9 Å². The van der Waals surface area contributed by atoms with E-state index in [-0.39, 0.29) is 24.1 Å². The number of nitrogens with one attached hydrogen (secondary N) is 2. The predicted molar refractivity (Wildman–Crippen MR) is 129 cm³/mol. The maximum absolute atomic E-state index is 13.0. The molecular formula is C28H37N3O3. The molecule has 5 aliphatic rings. The first-order valence-corrected chi connectivity index (χ1v) is 13.3. The lowest BCUT2D eigenvalue weighted by atomic mass is 9.79. The minimum absolute atomic E-state index is 0.0871. The number of hydrogen-bond donors (Lipinski definition) is 2. The molecule has 3 aliphatic carbocycles. The number of benzene rings is 1. The maximum atomic E-state index is 13.0. The van der Waals surface area contributed by atoms with Gasteiger partial charge in [0.05, 0.1) is 0 Å². The van der Waals surface area contributed by atoms with Gasteiger partial charge in [-0.25, -0.2) is 0 Å². The van der Waals surface area contributed by atoms with Crippen molar-refractivity contribution in [3.8, 4) is 0 Å². The van der Waals surface area contributed by atoms with E-state index in [1.807, 2.05) is 6.07 Å². The third-order valence-corrected chi connectivity index (χ3v) is 9.81. The molecule has 1 aromatic rings. The Morgan fingerprint density at radius 3 is 2.59 bits per heavy atom. The number of rotatable bonds is 5. The molecule has 6 nitrogen and oxygen atoms in total. The van der Waals surface area contributed by atoms with Crippen LogP contribution in [0.15, 0.2) is 18.2 Å². The third kappa shape index (κ3) is 3.78. The summed E-state index contributed by atoms with van der Waals surface area (Å²) in [7, 11) is 0. The van der Waals surface area contributed by atoms with Crippen LogP contribution in [-0.4, -0.2) is 40.7 Å². The lowest BCUT2D eigenvalue weighted by Crippen LogP contribution is -2.52. The van der Waals surface area contributed by atoms with Gasteiger partial charge in [0.1, 0.15) is 6.04 Å². The Balaban J connectivity index is 1.11. The fourth-order valence-corrected chi connectivity index (χ4v) is 7.67. The fourth-order valence-electron chi connectivity index (χ4n) is 7.67. The molecule has 3 saturated carbocycles. The molecule has 182 valence electrons. The zero-order valence-corrected chi connectivity index (χ0v) is 20.4. The summed E-state index contributed by atoms with van der Waals surface area (Å²) in [5, 5.41) is 6.45.